The quantitative estimate of drug-likeness (QED) is 0.805. The average molecular weight is 353 g/mol. The molecule has 0 aliphatic heterocycles. The topological polar surface area (TPSA) is 61.5 Å². The smallest absolute Gasteiger partial charge is 0.416 e. The fraction of sp³-hybridized carbons (Fsp3) is 0.278. The third-order valence-corrected chi connectivity index (χ3v) is 3.65. The Morgan fingerprint density at radius 3 is 2.16 bits per heavy atom. The first-order chi connectivity index (χ1) is 11.8. The molecule has 0 radical (unpaired) electrons. The second-order valence-corrected chi connectivity index (χ2v) is 5.34. The van der Waals surface area contributed by atoms with Crippen LogP contribution >= 0.6 is 0 Å². The van der Waals surface area contributed by atoms with Gasteiger partial charge in [0.05, 0.1) is 30.9 Å². The van der Waals surface area contributed by atoms with E-state index < -0.39 is 23.8 Å². The van der Waals surface area contributed by atoms with Crippen LogP contribution < -0.4 is 5.73 Å². The van der Waals surface area contributed by atoms with Gasteiger partial charge in [0, 0.05) is 6.54 Å². The molecule has 134 valence electrons. The highest BCUT2D eigenvalue weighted by Crippen LogP contribution is 2.30. The van der Waals surface area contributed by atoms with Gasteiger partial charge in [0.1, 0.15) is 0 Å². The van der Waals surface area contributed by atoms with E-state index in [1.54, 1.807) is 24.3 Å². The number of halogens is 3. The van der Waals surface area contributed by atoms with E-state index >= 15 is 0 Å². The molecule has 0 saturated carbocycles. The molecule has 0 spiro atoms. The average Bonchev–Trinajstić information content (AvgIpc) is 2.62. The molecule has 2 rings (SSSR count). The van der Waals surface area contributed by atoms with Gasteiger partial charge in [-0.05, 0) is 35.4 Å². The van der Waals surface area contributed by atoms with Crippen molar-refractivity contribution in [2.45, 2.75) is 18.9 Å². The van der Waals surface area contributed by atoms with E-state index in [9.17, 15) is 18.0 Å². The van der Waals surface area contributed by atoms with Crippen molar-refractivity contribution < 1.29 is 27.4 Å². The first kappa shape index (κ1) is 19.0. The SMILES string of the molecule is COC(=O)c1ccc(COC(CN)c2ccc(C(F)(F)F)cc2)cc1. The zero-order valence-corrected chi connectivity index (χ0v) is 13.5. The van der Waals surface area contributed by atoms with Crippen LogP contribution in [-0.2, 0) is 22.3 Å². The number of ether oxygens (including phenoxy) is 2. The molecule has 7 heteroatoms. The highest BCUT2D eigenvalue weighted by atomic mass is 19.4. The molecule has 1 unspecified atom stereocenters. The Kier molecular flexibility index (Phi) is 6.17. The minimum Gasteiger partial charge on any atom is -0.465 e. The van der Waals surface area contributed by atoms with Gasteiger partial charge in [-0.1, -0.05) is 24.3 Å². The van der Waals surface area contributed by atoms with Crippen LogP contribution in [0.15, 0.2) is 48.5 Å². The van der Waals surface area contributed by atoms with Crippen molar-refractivity contribution in [3.63, 3.8) is 0 Å². The van der Waals surface area contributed by atoms with Crippen LogP contribution in [0.4, 0.5) is 13.2 Å². The van der Waals surface area contributed by atoms with Crippen molar-refractivity contribution >= 4 is 5.97 Å². The Morgan fingerprint density at radius 1 is 1.08 bits per heavy atom. The lowest BCUT2D eigenvalue weighted by atomic mass is 10.1. The molecular formula is C18H18F3NO3. The lowest BCUT2D eigenvalue weighted by Gasteiger charge is -2.17. The van der Waals surface area contributed by atoms with E-state index in [1.165, 1.54) is 19.2 Å². The van der Waals surface area contributed by atoms with Crippen LogP contribution in [0, 0.1) is 0 Å². The second-order valence-electron chi connectivity index (χ2n) is 5.34. The third-order valence-electron chi connectivity index (χ3n) is 3.65. The number of alkyl halides is 3. The van der Waals surface area contributed by atoms with Gasteiger partial charge in [-0.3, -0.25) is 0 Å². The second kappa shape index (κ2) is 8.13. The number of hydrogen-bond acceptors (Lipinski definition) is 4. The van der Waals surface area contributed by atoms with Gasteiger partial charge in [-0.2, -0.15) is 13.2 Å². The molecule has 0 aliphatic carbocycles. The standard InChI is InChI=1S/C18H18F3NO3/c1-24-17(23)14-4-2-12(3-5-14)11-25-16(10-22)13-6-8-15(9-7-13)18(19,20)21/h2-9,16H,10-11,22H2,1H3. The summed E-state index contributed by atoms with van der Waals surface area (Å²) < 4.78 is 48.1. The van der Waals surface area contributed by atoms with E-state index in [-0.39, 0.29) is 13.2 Å². The largest absolute Gasteiger partial charge is 0.465 e. The molecule has 0 fully saturated rings. The van der Waals surface area contributed by atoms with Gasteiger partial charge in [0.2, 0.25) is 0 Å². The molecule has 0 aliphatic rings. The maximum Gasteiger partial charge on any atom is 0.416 e. The molecule has 4 nitrogen and oxygen atoms in total. The minimum absolute atomic E-state index is 0.131. The molecule has 25 heavy (non-hydrogen) atoms. The maximum atomic E-state index is 12.6. The third kappa shape index (κ3) is 5.04. The predicted octanol–water partition coefficient (Wildman–Crippen LogP) is 3.71. The summed E-state index contributed by atoms with van der Waals surface area (Å²) >= 11 is 0. The molecule has 2 N–H and O–H groups in total. The monoisotopic (exact) mass is 353 g/mol. The van der Waals surface area contributed by atoms with Gasteiger partial charge in [-0.25, -0.2) is 4.79 Å². The summed E-state index contributed by atoms with van der Waals surface area (Å²) in [6, 6.07) is 11.4. The zero-order chi connectivity index (χ0) is 18.4. The van der Waals surface area contributed by atoms with Crippen molar-refractivity contribution in [3.05, 3.63) is 70.8 Å². The molecule has 0 bridgehead atoms. The van der Waals surface area contributed by atoms with Gasteiger partial charge in [0.15, 0.2) is 0 Å². The molecule has 2 aromatic rings. The van der Waals surface area contributed by atoms with Gasteiger partial charge < -0.3 is 15.2 Å². The number of carbonyl (C=O) groups is 1. The lowest BCUT2D eigenvalue weighted by molar-refractivity contribution is -0.137. The van der Waals surface area contributed by atoms with E-state index in [1.807, 2.05) is 0 Å². The van der Waals surface area contributed by atoms with Crippen molar-refractivity contribution in [2.75, 3.05) is 13.7 Å². The Labute approximate surface area is 143 Å². The number of methoxy groups -OCH3 is 1. The number of esters is 1. The van der Waals surface area contributed by atoms with Crippen LogP contribution in [0.3, 0.4) is 0 Å². The fourth-order valence-electron chi connectivity index (χ4n) is 2.24. The summed E-state index contributed by atoms with van der Waals surface area (Å²) in [7, 11) is 1.30. The summed E-state index contributed by atoms with van der Waals surface area (Å²) in [6.45, 7) is 0.343. The first-order valence-electron chi connectivity index (χ1n) is 7.51. The van der Waals surface area contributed by atoms with Crippen molar-refractivity contribution in [1.29, 1.82) is 0 Å². The zero-order valence-electron chi connectivity index (χ0n) is 13.5. The van der Waals surface area contributed by atoms with Crippen molar-refractivity contribution in [1.82, 2.24) is 0 Å². The van der Waals surface area contributed by atoms with Gasteiger partial charge >= 0.3 is 12.1 Å². The van der Waals surface area contributed by atoms with Crippen LogP contribution in [-0.4, -0.2) is 19.6 Å². The Morgan fingerprint density at radius 2 is 1.68 bits per heavy atom. The summed E-state index contributed by atoms with van der Waals surface area (Å²) in [5, 5.41) is 0. The van der Waals surface area contributed by atoms with E-state index in [2.05, 4.69) is 4.74 Å². The van der Waals surface area contributed by atoms with E-state index in [4.69, 9.17) is 10.5 Å². The molecule has 0 aromatic heterocycles. The number of rotatable bonds is 6. The van der Waals surface area contributed by atoms with E-state index in [0.717, 1.165) is 17.7 Å². The van der Waals surface area contributed by atoms with Crippen LogP contribution in [0.25, 0.3) is 0 Å². The highest BCUT2D eigenvalue weighted by molar-refractivity contribution is 5.89. The van der Waals surface area contributed by atoms with Gasteiger partial charge in [-0.15, -0.1) is 0 Å². The maximum absolute atomic E-state index is 12.6. The van der Waals surface area contributed by atoms with Crippen LogP contribution in [0.5, 0.6) is 0 Å². The summed E-state index contributed by atoms with van der Waals surface area (Å²) in [5.74, 6) is -0.433. The predicted molar refractivity (Wildman–Crippen MR) is 85.8 cm³/mol. The molecule has 1 atom stereocenters. The molecule has 0 heterocycles. The molecule has 2 aromatic carbocycles. The number of nitrogens with two attached hydrogens (primary N) is 1. The Balaban J connectivity index is 2.01. The number of carbonyl (C=O) groups excluding carboxylic acids is 1. The fourth-order valence-corrected chi connectivity index (χ4v) is 2.24. The summed E-state index contributed by atoms with van der Waals surface area (Å²) in [4.78, 5) is 11.4. The number of hydrogen-bond donors (Lipinski definition) is 1. The van der Waals surface area contributed by atoms with Crippen molar-refractivity contribution in [3.8, 4) is 0 Å². The molecular weight excluding hydrogens is 335 g/mol. The minimum atomic E-state index is -4.38. The molecule has 0 saturated heterocycles. The Hall–Kier alpha value is -2.38. The lowest BCUT2D eigenvalue weighted by Crippen LogP contribution is -2.16. The number of benzene rings is 2. The highest BCUT2D eigenvalue weighted by Gasteiger charge is 2.30. The Bertz CT molecular complexity index is 697. The van der Waals surface area contributed by atoms with Crippen LogP contribution in [0.1, 0.15) is 33.2 Å². The summed E-state index contributed by atoms with van der Waals surface area (Å²) in [5.41, 5.74) is 6.74. The first-order valence-corrected chi connectivity index (χ1v) is 7.51. The summed E-state index contributed by atoms with van der Waals surface area (Å²) in [6.07, 6.45) is -4.90. The van der Waals surface area contributed by atoms with Crippen molar-refractivity contribution in [2.24, 2.45) is 5.73 Å². The van der Waals surface area contributed by atoms with E-state index in [0.29, 0.717) is 11.1 Å². The molecule has 0 amide bonds. The van der Waals surface area contributed by atoms with Crippen LogP contribution in [0.2, 0.25) is 0 Å². The normalized spacial score (nSPS) is 12.7. The van der Waals surface area contributed by atoms with Gasteiger partial charge in [0.25, 0.3) is 0 Å².